The molecule has 0 radical (unpaired) electrons. The maximum atomic E-state index is 12.2. The number of carbonyl (C=O) groups excluding carboxylic acids is 1. The van der Waals surface area contributed by atoms with Crippen molar-refractivity contribution in [3.63, 3.8) is 0 Å². The molecule has 1 aliphatic heterocycles. The highest BCUT2D eigenvalue weighted by Crippen LogP contribution is 2.25. The molecular formula is C12H12Br2ClNO. The number of hydrogen-bond acceptors (Lipinski definition) is 1. The molecule has 1 aromatic rings. The van der Waals surface area contributed by atoms with Crippen LogP contribution in [0.1, 0.15) is 23.2 Å². The fourth-order valence-electron chi connectivity index (χ4n) is 1.86. The van der Waals surface area contributed by atoms with Gasteiger partial charge in [0.25, 0.3) is 5.91 Å². The number of benzene rings is 1. The van der Waals surface area contributed by atoms with E-state index in [0.717, 1.165) is 30.4 Å². The summed E-state index contributed by atoms with van der Waals surface area (Å²) in [6.07, 6.45) is 2.03. The summed E-state index contributed by atoms with van der Waals surface area (Å²) in [5.41, 5.74) is 0.689. The molecule has 0 saturated carbocycles. The van der Waals surface area contributed by atoms with Crippen molar-refractivity contribution in [2.75, 3.05) is 13.1 Å². The molecule has 0 aliphatic carbocycles. The first-order valence-corrected chi connectivity index (χ1v) is 7.55. The van der Waals surface area contributed by atoms with E-state index in [-0.39, 0.29) is 5.91 Å². The summed E-state index contributed by atoms with van der Waals surface area (Å²) in [4.78, 5) is 14.7. The van der Waals surface area contributed by atoms with E-state index in [4.69, 9.17) is 11.6 Å². The SMILES string of the molecule is O=C(c1ccc(Cl)c(Br)c1)N1CCC(Br)CC1. The van der Waals surface area contributed by atoms with Crippen molar-refractivity contribution in [1.29, 1.82) is 0 Å². The summed E-state index contributed by atoms with van der Waals surface area (Å²) in [5, 5.41) is 0.626. The van der Waals surface area contributed by atoms with Crippen LogP contribution in [0.4, 0.5) is 0 Å². The summed E-state index contributed by atoms with van der Waals surface area (Å²) in [7, 11) is 0. The number of carbonyl (C=O) groups is 1. The van der Waals surface area contributed by atoms with E-state index in [1.807, 2.05) is 4.90 Å². The number of amides is 1. The maximum Gasteiger partial charge on any atom is 0.253 e. The molecule has 1 aliphatic rings. The Kier molecular flexibility index (Phi) is 4.50. The van der Waals surface area contributed by atoms with E-state index in [0.29, 0.717) is 15.4 Å². The van der Waals surface area contributed by atoms with E-state index < -0.39 is 0 Å². The van der Waals surface area contributed by atoms with Gasteiger partial charge >= 0.3 is 0 Å². The highest BCUT2D eigenvalue weighted by atomic mass is 79.9. The second-order valence-electron chi connectivity index (χ2n) is 4.10. The Labute approximate surface area is 123 Å². The number of hydrogen-bond donors (Lipinski definition) is 0. The monoisotopic (exact) mass is 379 g/mol. The van der Waals surface area contributed by atoms with Crippen molar-refractivity contribution in [3.05, 3.63) is 33.3 Å². The molecule has 92 valence electrons. The van der Waals surface area contributed by atoms with E-state index in [9.17, 15) is 4.79 Å². The minimum absolute atomic E-state index is 0.0850. The van der Waals surface area contributed by atoms with Gasteiger partial charge in [0, 0.05) is 28.0 Å². The van der Waals surface area contributed by atoms with Crippen LogP contribution in [0.2, 0.25) is 5.02 Å². The summed E-state index contributed by atoms with van der Waals surface area (Å²) < 4.78 is 0.764. The van der Waals surface area contributed by atoms with Gasteiger partial charge in [0.2, 0.25) is 0 Å². The first-order valence-electron chi connectivity index (χ1n) is 5.46. The number of piperidine rings is 1. The van der Waals surface area contributed by atoms with Crippen molar-refractivity contribution >= 4 is 49.4 Å². The lowest BCUT2D eigenvalue weighted by Gasteiger charge is -2.29. The molecule has 0 atom stereocenters. The molecule has 0 unspecified atom stereocenters. The minimum atomic E-state index is 0.0850. The first-order chi connectivity index (χ1) is 8.08. The van der Waals surface area contributed by atoms with Crippen LogP contribution in [-0.4, -0.2) is 28.7 Å². The number of likely N-dealkylation sites (tertiary alicyclic amines) is 1. The molecule has 0 spiro atoms. The molecule has 1 fully saturated rings. The third-order valence-electron chi connectivity index (χ3n) is 2.88. The molecule has 0 N–H and O–H groups in total. The van der Waals surface area contributed by atoms with Crippen LogP contribution in [0.5, 0.6) is 0 Å². The van der Waals surface area contributed by atoms with Gasteiger partial charge in [0.1, 0.15) is 0 Å². The zero-order chi connectivity index (χ0) is 12.4. The van der Waals surface area contributed by atoms with Gasteiger partial charge in [0.05, 0.1) is 5.02 Å². The number of alkyl halides is 1. The molecule has 1 amide bonds. The molecule has 0 bridgehead atoms. The standard InChI is InChI=1S/C12H12Br2ClNO/c13-9-3-5-16(6-4-9)12(17)8-1-2-11(15)10(14)7-8/h1-2,7,9H,3-6H2. The predicted molar refractivity (Wildman–Crippen MR) is 77.0 cm³/mol. The summed E-state index contributed by atoms with van der Waals surface area (Å²) >= 11 is 12.8. The van der Waals surface area contributed by atoms with Crippen molar-refractivity contribution in [3.8, 4) is 0 Å². The van der Waals surface area contributed by atoms with Gasteiger partial charge in [-0.15, -0.1) is 0 Å². The Bertz CT molecular complexity index is 431. The second-order valence-corrected chi connectivity index (χ2v) is 6.65. The minimum Gasteiger partial charge on any atom is -0.339 e. The molecule has 2 nitrogen and oxygen atoms in total. The molecule has 1 heterocycles. The molecule has 5 heteroatoms. The third kappa shape index (κ3) is 3.24. The molecule has 2 rings (SSSR count). The quantitative estimate of drug-likeness (QED) is 0.671. The van der Waals surface area contributed by atoms with Gasteiger partial charge in [-0.25, -0.2) is 0 Å². The number of halogens is 3. The van der Waals surface area contributed by atoms with Crippen molar-refractivity contribution in [2.24, 2.45) is 0 Å². The summed E-state index contributed by atoms with van der Waals surface area (Å²) in [6.45, 7) is 1.63. The van der Waals surface area contributed by atoms with Crippen molar-refractivity contribution in [1.82, 2.24) is 4.90 Å². The number of nitrogens with zero attached hydrogens (tertiary/aromatic N) is 1. The zero-order valence-electron chi connectivity index (χ0n) is 9.13. The van der Waals surface area contributed by atoms with E-state index in [1.54, 1.807) is 18.2 Å². The van der Waals surface area contributed by atoms with E-state index in [2.05, 4.69) is 31.9 Å². The van der Waals surface area contributed by atoms with Crippen LogP contribution in [-0.2, 0) is 0 Å². The van der Waals surface area contributed by atoms with Gasteiger partial charge in [-0.1, -0.05) is 27.5 Å². The van der Waals surface area contributed by atoms with Crippen LogP contribution < -0.4 is 0 Å². The highest BCUT2D eigenvalue weighted by Gasteiger charge is 2.22. The number of rotatable bonds is 1. The van der Waals surface area contributed by atoms with Gasteiger partial charge in [0.15, 0.2) is 0 Å². The van der Waals surface area contributed by atoms with Crippen LogP contribution >= 0.6 is 43.5 Å². The van der Waals surface area contributed by atoms with Crippen molar-refractivity contribution in [2.45, 2.75) is 17.7 Å². The molecule has 1 saturated heterocycles. The van der Waals surface area contributed by atoms with Gasteiger partial charge in [-0.3, -0.25) is 4.79 Å². The van der Waals surface area contributed by atoms with Crippen LogP contribution in [0.25, 0.3) is 0 Å². The molecule has 17 heavy (non-hydrogen) atoms. The van der Waals surface area contributed by atoms with Crippen LogP contribution in [0.3, 0.4) is 0 Å². The fraction of sp³-hybridized carbons (Fsp3) is 0.417. The second kappa shape index (κ2) is 5.72. The summed E-state index contributed by atoms with van der Waals surface area (Å²) in [5.74, 6) is 0.0850. The molecule has 1 aromatic carbocycles. The Balaban J connectivity index is 2.11. The van der Waals surface area contributed by atoms with Gasteiger partial charge < -0.3 is 4.90 Å². The van der Waals surface area contributed by atoms with Crippen LogP contribution in [0.15, 0.2) is 22.7 Å². The average Bonchev–Trinajstić information content (AvgIpc) is 2.33. The maximum absolute atomic E-state index is 12.2. The fourth-order valence-corrected chi connectivity index (χ4v) is 2.77. The van der Waals surface area contributed by atoms with Gasteiger partial charge in [-0.05, 0) is 47.0 Å². The third-order valence-corrected chi connectivity index (χ3v) is 5.01. The normalized spacial score (nSPS) is 17.2. The Morgan fingerprint density at radius 3 is 2.59 bits per heavy atom. The lowest BCUT2D eigenvalue weighted by Crippen LogP contribution is -2.38. The topological polar surface area (TPSA) is 20.3 Å². The van der Waals surface area contributed by atoms with E-state index in [1.165, 1.54) is 0 Å². The Hall–Kier alpha value is -0.0600. The average molecular weight is 381 g/mol. The summed E-state index contributed by atoms with van der Waals surface area (Å²) in [6, 6.07) is 5.30. The highest BCUT2D eigenvalue weighted by molar-refractivity contribution is 9.10. The molecular weight excluding hydrogens is 369 g/mol. The zero-order valence-corrected chi connectivity index (χ0v) is 13.1. The molecule has 0 aromatic heterocycles. The largest absolute Gasteiger partial charge is 0.339 e. The van der Waals surface area contributed by atoms with E-state index >= 15 is 0 Å². The smallest absolute Gasteiger partial charge is 0.253 e. The van der Waals surface area contributed by atoms with Crippen molar-refractivity contribution < 1.29 is 4.79 Å². The predicted octanol–water partition coefficient (Wildman–Crippen LogP) is 4.10. The first kappa shape index (κ1) is 13.4. The van der Waals surface area contributed by atoms with Crippen LogP contribution in [0, 0.1) is 0 Å². The Morgan fingerprint density at radius 2 is 2.00 bits per heavy atom. The lowest BCUT2D eigenvalue weighted by molar-refractivity contribution is 0.0728. The van der Waals surface area contributed by atoms with Gasteiger partial charge in [-0.2, -0.15) is 0 Å². The Morgan fingerprint density at radius 1 is 1.35 bits per heavy atom. The lowest BCUT2D eigenvalue weighted by atomic mass is 10.1.